The number of hydrogen-bond acceptors (Lipinski definition) is 3. The molecule has 0 bridgehead atoms. The largest absolute Gasteiger partial charge is 0.477 e. The molecule has 0 aliphatic rings. The summed E-state index contributed by atoms with van der Waals surface area (Å²) in [5.41, 5.74) is 1.94. The molecular weight excluding hydrogens is 258 g/mol. The van der Waals surface area contributed by atoms with E-state index in [9.17, 15) is 9.59 Å². The van der Waals surface area contributed by atoms with E-state index < -0.39 is 5.97 Å². The summed E-state index contributed by atoms with van der Waals surface area (Å²) in [7, 11) is 0. The van der Waals surface area contributed by atoms with Crippen molar-refractivity contribution in [2.75, 3.05) is 5.32 Å². The summed E-state index contributed by atoms with van der Waals surface area (Å²) in [5.74, 6) is -1.32. The number of pyridine rings is 1. The van der Waals surface area contributed by atoms with Gasteiger partial charge in [-0.05, 0) is 31.0 Å². The number of hydrogen-bond donors (Lipinski definition) is 3. The molecule has 0 aromatic carbocycles. The van der Waals surface area contributed by atoms with Crippen LogP contribution >= 0.6 is 0 Å². The molecule has 0 saturated heterocycles. The summed E-state index contributed by atoms with van der Waals surface area (Å²) in [6, 6.07) is 5.31. The third-order valence-electron chi connectivity index (χ3n) is 2.80. The molecular formula is C14H15N3O3. The molecule has 0 atom stereocenters. The Labute approximate surface area is 115 Å². The Morgan fingerprint density at radius 1 is 1.45 bits per heavy atom. The zero-order chi connectivity index (χ0) is 14.5. The fraction of sp³-hybridized carbons (Fsp3) is 0.214. The topological polar surface area (TPSA) is 95.1 Å². The molecule has 0 unspecified atom stereocenters. The van der Waals surface area contributed by atoms with Gasteiger partial charge in [0, 0.05) is 24.5 Å². The van der Waals surface area contributed by atoms with Crippen molar-refractivity contribution in [3.8, 4) is 0 Å². The molecule has 2 aromatic rings. The third kappa shape index (κ3) is 3.44. The van der Waals surface area contributed by atoms with Gasteiger partial charge in [-0.3, -0.25) is 9.78 Å². The molecule has 6 nitrogen and oxygen atoms in total. The standard InChI is InChI=1S/C14H15N3O3/c1-9-7-11(13(16-9)14(19)20)17-12(18)5-4-10-3-2-6-15-8-10/h2-3,6-8,16H,4-5H2,1H3,(H,17,18)(H,19,20). The number of carbonyl (C=O) groups excluding carboxylic acids is 1. The van der Waals surface area contributed by atoms with Gasteiger partial charge < -0.3 is 15.4 Å². The average molecular weight is 273 g/mol. The van der Waals surface area contributed by atoms with E-state index in [2.05, 4.69) is 15.3 Å². The van der Waals surface area contributed by atoms with E-state index in [1.165, 1.54) is 0 Å². The second-order valence-electron chi connectivity index (χ2n) is 4.46. The van der Waals surface area contributed by atoms with Crippen molar-refractivity contribution in [2.45, 2.75) is 19.8 Å². The Balaban J connectivity index is 1.96. The number of nitrogens with one attached hydrogen (secondary N) is 2. The number of aromatic carboxylic acids is 1. The van der Waals surface area contributed by atoms with Crippen LogP contribution in [0.25, 0.3) is 0 Å². The second kappa shape index (κ2) is 6.01. The van der Waals surface area contributed by atoms with Crippen LogP contribution < -0.4 is 5.32 Å². The Bertz CT molecular complexity index is 620. The number of nitrogens with zero attached hydrogens (tertiary/aromatic N) is 1. The summed E-state index contributed by atoms with van der Waals surface area (Å²) in [6.45, 7) is 1.73. The zero-order valence-electron chi connectivity index (χ0n) is 11.0. The minimum absolute atomic E-state index is 0.00257. The van der Waals surface area contributed by atoms with E-state index in [1.54, 1.807) is 25.4 Å². The normalized spacial score (nSPS) is 10.2. The van der Waals surface area contributed by atoms with Crippen LogP contribution in [0.5, 0.6) is 0 Å². The van der Waals surface area contributed by atoms with E-state index in [0.717, 1.165) is 5.56 Å². The fourth-order valence-electron chi connectivity index (χ4n) is 1.87. The lowest BCUT2D eigenvalue weighted by Crippen LogP contribution is -2.14. The predicted octanol–water partition coefficient (Wildman–Crippen LogP) is 1.99. The van der Waals surface area contributed by atoms with Crippen LogP contribution in [0.2, 0.25) is 0 Å². The van der Waals surface area contributed by atoms with Crippen LogP contribution in [0.15, 0.2) is 30.6 Å². The van der Waals surface area contributed by atoms with Crippen molar-refractivity contribution in [1.82, 2.24) is 9.97 Å². The van der Waals surface area contributed by atoms with Gasteiger partial charge in [0.05, 0.1) is 5.69 Å². The molecule has 0 spiro atoms. The smallest absolute Gasteiger partial charge is 0.354 e. The van der Waals surface area contributed by atoms with Crippen molar-refractivity contribution in [1.29, 1.82) is 0 Å². The van der Waals surface area contributed by atoms with Crippen LogP contribution in [0.4, 0.5) is 5.69 Å². The van der Waals surface area contributed by atoms with Crippen LogP contribution in [0.3, 0.4) is 0 Å². The number of aromatic amines is 1. The summed E-state index contributed by atoms with van der Waals surface area (Å²) in [6.07, 6.45) is 4.21. The first-order valence-electron chi connectivity index (χ1n) is 6.18. The van der Waals surface area contributed by atoms with E-state index in [1.807, 2.05) is 12.1 Å². The molecule has 6 heteroatoms. The Morgan fingerprint density at radius 3 is 2.90 bits per heavy atom. The number of H-pyrrole nitrogens is 1. The van der Waals surface area contributed by atoms with Crippen LogP contribution in [0, 0.1) is 6.92 Å². The molecule has 0 aliphatic carbocycles. The first-order valence-corrected chi connectivity index (χ1v) is 6.18. The maximum atomic E-state index is 11.8. The minimum Gasteiger partial charge on any atom is -0.477 e. The Morgan fingerprint density at radius 2 is 2.25 bits per heavy atom. The lowest BCUT2D eigenvalue weighted by Gasteiger charge is -2.04. The summed E-state index contributed by atoms with van der Waals surface area (Å²) in [4.78, 5) is 29.5. The van der Waals surface area contributed by atoms with Gasteiger partial charge in [-0.2, -0.15) is 0 Å². The number of rotatable bonds is 5. The summed E-state index contributed by atoms with van der Waals surface area (Å²) >= 11 is 0. The highest BCUT2D eigenvalue weighted by molar-refractivity contribution is 5.99. The van der Waals surface area contributed by atoms with Gasteiger partial charge in [-0.1, -0.05) is 6.07 Å². The van der Waals surface area contributed by atoms with Crippen molar-refractivity contribution >= 4 is 17.6 Å². The third-order valence-corrected chi connectivity index (χ3v) is 2.80. The van der Waals surface area contributed by atoms with E-state index in [0.29, 0.717) is 17.8 Å². The quantitative estimate of drug-likeness (QED) is 0.776. The van der Waals surface area contributed by atoms with Gasteiger partial charge in [-0.15, -0.1) is 0 Å². The first kappa shape index (κ1) is 13.8. The molecule has 0 radical (unpaired) electrons. The highest BCUT2D eigenvalue weighted by Gasteiger charge is 2.15. The number of amides is 1. The highest BCUT2D eigenvalue weighted by Crippen LogP contribution is 2.17. The van der Waals surface area contributed by atoms with Gasteiger partial charge in [0.25, 0.3) is 0 Å². The minimum atomic E-state index is -1.10. The highest BCUT2D eigenvalue weighted by atomic mass is 16.4. The lowest BCUT2D eigenvalue weighted by molar-refractivity contribution is -0.116. The number of carboxylic acids is 1. The van der Waals surface area contributed by atoms with Crippen LogP contribution in [0.1, 0.15) is 28.2 Å². The molecule has 2 aromatic heterocycles. The molecule has 2 rings (SSSR count). The predicted molar refractivity (Wildman–Crippen MR) is 73.7 cm³/mol. The maximum Gasteiger partial charge on any atom is 0.354 e. The summed E-state index contributed by atoms with van der Waals surface area (Å²) < 4.78 is 0. The summed E-state index contributed by atoms with van der Waals surface area (Å²) in [5, 5.41) is 11.6. The molecule has 104 valence electrons. The number of aromatic nitrogens is 2. The first-order chi connectivity index (χ1) is 9.56. The van der Waals surface area contributed by atoms with Gasteiger partial charge in [-0.25, -0.2) is 4.79 Å². The van der Waals surface area contributed by atoms with E-state index in [4.69, 9.17) is 5.11 Å². The van der Waals surface area contributed by atoms with Gasteiger partial charge in [0.15, 0.2) is 0 Å². The number of anilines is 1. The number of carbonyl (C=O) groups is 2. The van der Waals surface area contributed by atoms with Gasteiger partial charge >= 0.3 is 5.97 Å². The van der Waals surface area contributed by atoms with Crippen molar-refractivity contribution in [3.63, 3.8) is 0 Å². The average Bonchev–Trinajstić information content (AvgIpc) is 2.79. The Kier molecular flexibility index (Phi) is 4.14. The van der Waals surface area contributed by atoms with Crippen molar-refractivity contribution in [2.24, 2.45) is 0 Å². The fourth-order valence-corrected chi connectivity index (χ4v) is 1.87. The Hall–Kier alpha value is -2.63. The number of carboxylic acid groups (broad SMARTS) is 1. The van der Waals surface area contributed by atoms with Crippen molar-refractivity contribution < 1.29 is 14.7 Å². The molecule has 3 N–H and O–H groups in total. The van der Waals surface area contributed by atoms with Crippen LogP contribution in [-0.2, 0) is 11.2 Å². The molecule has 20 heavy (non-hydrogen) atoms. The van der Waals surface area contributed by atoms with Gasteiger partial charge in [0.2, 0.25) is 5.91 Å². The second-order valence-corrected chi connectivity index (χ2v) is 4.46. The maximum absolute atomic E-state index is 11.8. The monoisotopic (exact) mass is 273 g/mol. The molecule has 2 heterocycles. The molecule has 0 fully saturated rings. The molecule has 0 saturated carbocycles. The van der Waals surface area contributed by atoms with E-state index in [-0.39, 0.29) is 18.0 Å². The zero-order valence-corrected chi connectivity index (χ0v) is 11.0. The van der Waals surface area contributed by atoms with E-state index >= 15 is 0 Å². The SMILES string of the molecule is Cc1cc(NC(=O)CCc2cccnc2)c(C(=O)O)[nH]1. The van der Waals surface area contributed by atoms with Gasteiger partial charge in [0.1, 0.15) is 5.69 Å². The number of aryl methyl sites for hydroxylation is 2. The van der Waals surface area contributed by atoms with Crippen molar-refractivity contribution in [3.05, 3.63) is 47.5 Å². The molecule has 1 amide bonds. The lowest BCUT2D eigenvalue weighted by atomic mass is 10.1. The van der Waals surface area contributed by atoms with Crippen LogP contribution in [-0.4, -0.2) is 27.0 Å². The molecule has 0 aliphatic heterocycles.